The molecule has 9 heteroatoms. The Labute approximate surface area is 176 Å². The molecule has 8 nitrogen and oxygen atoms in total. The molecule has 0 amide bonds. The van der Waals surface area contributed by atoms with Crippen LogP contribution in [0.15, 0.2) is 47.7 Å². The normalized spacial score (nSPS) is 18.9. The van der Waals surface area contributed by atoms with Gasteiger partial charge < -0.3 is 9.84 Å². The van der Waals surface area contributed by atoms with Crippen molar-refractivity contribution in [2.75, 3.05) is 13.2 Å². The molecule has 0 unspecified atom stereocenters. The number of aliphatic hydroxyl groups is 1. The summed E-state index contributed by atoms with van der Waals surface area (Å²) in [5.74, 6) is 0. The van der Waals surface area contributed by atoms with Gasteiger partial charge in [-0.15, -0.1) is 0 Å². The van der Waals surface area contributed by atoms with Crippen LogP contribution in [0.25, 0.3) is 33.4 Å². The van der Waals surface area contributed by atoms with Gasteiger partial charge in [-0.1, -0.05) is 23.7 Å². The fraction of sp³-hybridized carbons (Fsp3) is 0.238. The number of aromatic amines is 1. The lowest BCUT2D eigenvalue weighted by Crippen LogP contribution is -2.32. The number of benzene rings is 1. The zero-order valence-corrected chi connectivity index (χ0v) is 16.8. The molecule has 3 aromatic heterocycles. The average molecular weight is 424 g/mol. The molecule has 1 aromatic carbocycles. The maximum absolute atomic E-state index is 13.4. The van der Waals surface area contributed by atoms with Crippen LogP contribution in [0.4, 0.5) is 0 Å². The molecule has 2 atom stereocenters. The molecule has 1 aliphatic heterocycles. The third kappa shape index (κ3) is 3.09. The van der Waals surface area contributed by atoms with Crippen molar-refractivity contribution in [3.8, 4) is 22.5 Å². The van der Waals surface area contributed by atoms with E-state index < -0.39 is 12.1 Å². The standard InChI is InChI=1S/C21H18ClN5O3/c1-11-15(7-24-26-11)20-19-14(6-16(25-20)12-2-4-13(22)5-3-12)21(29)27(10-23-19)17-8-30-9-18(17)28/h2-7,10,17-18,28H,8-9H2,1H3,(H,24,26)/t17-,18+/m1/s1. The van der Waals surface area contributed by atoms with Gasteiger partial charge in [-0.25, -0.2) is 9.97 Å². The van der Waals surface area contributed by atoms with E-state index >= 15 is 0 Å². The van der Waals surface area contributed by atoms with Crippen molar-refractivity contribution in [3.63, 3.8) is 0 Å². The summed E-state index contributed by atoms with van der Waals surface area (Å²) in [5, 5.41) is 18.2. The third-order valence-electron chi connectivity index (χ3n) is 5.37. The van der Waals surface area contributed by atoms with E-state index in [1.165, 1.54) is 10.9 Å². The van der Waals surface area contributed by atoms with Crippen LogP contribution >= 0.6 is 11.6 Å². The van der Waals surface area contributed by atoms with Crippen molar-refractivity contribution in [1.29, 1.82) is 0 Å². The van der Waals surface area contributed by atoms with Crippen LogP contribution in [-0.2, 0) is 4.74 Å². The zero-order chi connectivity index (χ0) is 20.8. The molecule has 4 aromatic rings. The number of halogens is 1. The van der Waals surface area contributed by atoms with Gasteiger partial charge in [-0.3, -0.25) is 14.5 Å². The molecule has 0 aliphatic carbocycles. The molecule has 4 heterocycles. The van der Waals surface area contributed by atoms with Crippen molar-refractivity contribution in [3.05, 3.63) is 63.9 Å². The molecular formula is C21H18ClN5O3. The number of hydrogen-bond donors (Lipinski definition) is 2. The van der Waals surface area contributed by atoms with Crippen molar-refractivity contribution in [1.82, 2.24) is 24.7 Å². The maximum atomic E-state index is 13.4. The number of nitrogens with zero attached hydrogens (tertiary/aromatic N) is 4. The zero-order valence-electron chi connectivity index (χ0n) is 16.0. The van der Waals surface area contributed by atoms with Crippen molar-refractivity contribution in [2.24, 2.45) is 0 Å². The predicted octanol–water partition coefficient (Wildman–Crippen LogP) is 2.74. The monoisotopic (exact) mass is 423 g/mol. The summed E-state index contributed by atoms with van der Waals surface area (Å²) in [6.45, 7) is 2.34. The molecule has 1 fully saturated rings. The lowest BCUT2D eigenvalue weighted by atomic mass is 10.1. The van der Waals surface area contributed by atoms with Crippen molar-refractivity contribution < 1.29 is 9.84 Å². The first-order chi connectivity index (χ1) is 14.5. The van der Waals surface area contributed by atoms with Crippen LogP contribution in [0.3, 0.4) is 0 Å². The van der Waals surface area contributed by atoms with E-state index in [1.807, 2.05) is 19.1 Å². The van der Waals surface area contributed by atoms with Crippen LogP contribution < -0.4 is 5.56 Å². The Morgan fingerprint density at radius 1 is 1.27 bits per heavy atom. The number of nitrogens with one attached hydrogen (secondary N) is 1. The number of H-pyrrole nitrogens is 1. The maximum Gasteiger partial charge on any atom is 0.261 e. The molecule has 30 heavy (non-hydrogen) atoms. The first-order valence-corrected chi connectivity index (χ1v) is 9.84. The van der Waals surface area contributed by atoms with Gasteiger partial charge in [-0.2, -0.15) is 5.10 Å². The minimum absolute atomic E-state index is 0.195. The van der Waals surface area contributed by atoms with Gasteiger partial charge in [0, 0.05) is 21.8 Å². The summed E-state index contributed by atoms with van der Waals surface area (Å²) < 4.78 is 6.76. The average Bonchev–Trinajstić information content (AvgIpc) is 3.36. The topological polar surface area (TPSA) is 106 Å². The highest BCUT2D eigenvalue weighted by molar-refractivity contribution is 6.30. The minimum atomic E-state index is -0.755. The summed E-state index contributed by atoms with van der Waals surface area (Å²) in [7, 11) is 0. The van der Waals surface area contributed by atoms with Crippen molar-refractivity contribution >= 4 is 22.5 Å². The Balaban J connectivity index is 1.79. The molecule has 0 bridgehead atoms. The summed E-state index contributed by atoms with van der Waals surface area (Å²) >= 11 is 6.03. The van der Waals surface area contributed by atoms with Gasteiger partial charge >= 0.3 is 0 Å². The SMILES string of the molecule is Cc1[nH]ncc1-c1nc(-c2ccc(Cl)cc2)cc2c(=O)n([C@@H]3COC[C@@H]3O)cnc12. The van der Waals surface area contributed by atoms with Crippen LogP contribution in [0.5, 0.6) is 0 Å². The quantitative estimate of drug-likeness (QED) is 0.525. The highest BCUT2D eigenvalue weighted by Gasteiger charge is 2.29. The fourth-order valence-corrected chi connectivity index (χ4v) is 3.85. The van der Waals surface area contributed by atoms with Gasteiger partial charge in [0.15, 0.2) is 0 Å². The molecule has 0 radical (unpaired) electrons. The number of aromatic nitrogens is 5. The molecule has 1 aliphatic rings. The van der Waals surface area contributed by atoms with Crippen LogP contribution in [-0.4, -0.2) is 49.2 Å². The van der Waals surface area contributed by atoms with Crippen molar-refractivity contribution in [2.45, 2.75) is 19.1 Å². The van der Waals surface area contributed by atoms with Crippen LogP contribution in [0, 0.1) is 6.92 Å². The number of aliphatic hydroxyl groups excluding tert-OH is 1. The Morgan fingerprint density at radius 2 is 2.07 bits per heavy atom. The Bertz CT molecular complexity index is 1300. The first-order valence-electron chi connectivity index (χ1n) is 9.47. The molecule has 152 valence electrons. The largest absolute Gasteiger partial charge is 0.388 e. The highest BCUT2D eigenvalue weighted by atomic mass is 35.5. The van der Waals surface area contributed by atoms with E-state index in [0.29, 0.717) is 27.3 Å². The summed E-state index contributed by atoms with van der Waals surface area (Å²) in [6.07, 6.45) is 2.37. The Morgan fingerprint density at radius 3 is 2.73 bits per heavy atom. The van der Waals surface area contributed by atoms with Gasteiger partial charge in [0.25, 0.3) is 5.56 Å². The van der Waals surface area contributed by atoms with Crippen LogP contribution in [0.2, 0.25) is 5.02 Å². The lowest BCUT2D eigenvalue weighted by Gasteiger charge is -2.17. The van der Waals surface area contributed by atoms with E-state index in [-0.39, 0.29) is 18.8 Å². The number of hydrogen-bond acceptors (Lipinski definition) is 6. The highest BCUT2D eigenvalue weighted by Crippen LogP contribution is 2.30. The number of rotatable bonds is 3. The summed E-state index contributed by atoms with van der Waals surface area (Å²) in [5.41, 5.74) is 3.82. The van der Waals surface area contributed by atoms with Crippen LogP contribution in [0.1, 0.15) is 11.7 Å². The van der Waals surface area contributed by atoms with Gasteiger partial charge in [0.2, 0.25) is 0 Å². The minimum Gasteiger partial charge on any atom is -0.388 e. The van der Waals surface area contributed by atoms with E-state index in [1.54, 1.807) is 24.4 Å². The van der Waals surface area contributed by atoms with E-state index in [2.05, 4.69) is 15.2 Å². The number of pyridine rings is 1. The summed E-state index contributed by atoms with van der Waals surface area (Å²) in [6, 6.07) is 8.52. The lowest BCUT2D eigenvalue weighted by molar-refractivity contribution is 0.119. The predicted molar refractivity (Wildman–Crippen MR) is 112 cm³/mol. The van der Waals surface area contributed by atoms with Gasteiger partial charge in [0.1, 0.15) is 17.3 Å². The molecule has 0 saturated carbocycles. The molecule has 1 saturated heterocycles. The third-order valence-corrected chi connectivity index (χ3v) is 5.62. The molecule has 2 N–H and O–H groups in total. The van der Waals surface area contributed by atoms with Gasteiger partial charge in [0.05, 0.1) is 42.9 Å². The second-order valence-corrected chi connectivity index (χ2v) is 7.73. The smallest absolute Gasteiger partial charge is 0.261 e. The Kier molecular flexibility index (Phi) is 4.62. The molecule has 5 rings (SSSR count). The second-order valence-electron chi connectivity index (χ2n) is 7.30. The first kappa shape index (κ1) is 18.9. The second kappa shape index (κ2) is 7.32. The number of ether oxygens (including phenoxy) is 1. The van der Waals surface area contributed by atoms with E-state index in [0.717, 1.165) is 16.8 Å². The van der Waals surface area contributed by atoms with E-state index in [9.17, 15) is 9.90 Å². The molecular weight excluding hydrogens is 406 g/mol. The molecule has 0 spiro atoms. The number of aryl methyl sites for hydroxylation is 1. The summed E-state index contributed by atoms with van der Waals surface area (Å²) in [4.78, 5) is 22.7. The van der Waals surface area contributed by atoms with E-state index in [4.69, 9.17) is 21.3 Å². The fourth-order valence-electron chi connectivity index (χ4n) is 3.72. The Hall–Kier alpha value is -3.07. The van der Waals surface area contributed by atoms with Gasteiger partial charge in [-0.05, 0) is 25.1 Å². The number of fused-ring (bicyclic) bond motifs is 1.